The second kappa shape index (κ2) is 8.68. The van der Waals surface area contributed by atoms with E-state index in [1.165, 1.54) is 12.1 Å². The van der Waals surface area contributed by atoms with Crippen LogP contribution in [0.3, 0.4) is 0 Å². The highest BCUT2D eigenvalue weighted by Gasteiger charge is 2.08. The van der Waals surface area contributed by atoms with Gasteiger partial charge in [-0.1, -0.05) is 60.7 Å². The van der Waals surface area contributed by atoms with Gasteiger partial charge < -0.3 is 0 Å². The first-order valence-corrected chi connectivity index (χ1v) is 8.54. The van der Waals surface area contributed by atoms with E-state index in [1.54, 1.807) is 12.1 Å². The highest BCUT2D eigenvalue weighted by Crippen LogP contribution is 2.13. The second-order valence-corrected chi connectivity index (χ2v) is 5.95. The first kappa shape index (κ1) is 18.2. The lowest BCUT2D eigenvalue weighted by Gasteiger charge is -2.13. The van der Waals surface area contributed by atoms with Gasteiger partial charge in [0.05, 0.1) is 10.6 Å². The van der Waals surface area contributed by atoms with E-state index in [9.17, 15) is 10.1 Å². The number of amidine groups is 1. The summed E-state index contributed by atoms with van der Waals surface area (Å²) in [5.74, 6) is 0.603. The zero-order valence-corrected chi connectivity index (χ0v) is 15.0. The predicted octanol–water partition coefficient (Wildman–Crippen LogP) is 4.14. The minimum absolute atomic E-state index is 0.0186. The van der Waals surface area contributed by atoms with Crippen molar-refractivity contribution in [3.05, 3.63) is 106 Å². The van der Waals surface area contributed by atoms with Crippen LogP contribution in [0.1, 0.15) is 11.1 Å². The average Bonchev–Trinajstić information content (AvgIpc) is 2.72. The molecule has 0 fully saturated rings. The molecule has 0 aliphatic rings. The van der Waals surface area contributed by atoms with Crippen LogP contribution in [0.5, 0.6) is 0 Å². The van der Waals surface area contributed by atoms with Crippen LogP contribution in [0.4, 0.5) is 11.4 Å². The first-order valence-electron chi connectivity index (χ1n) is 8.13. The summed E-state index contributed by atoms with van der Waals surface area (Å²) in [6, 6.07) is 25.2. The van der Waals surface area contributed by atoms with E-state index < -0.39 is 4.92 Å². The largest absolute Gasteiger partial charge is 0.289 e. The van der Waals surface area contributed by atoms with Gasteiger partial charge in [-0.2, -0.15) is 0 Å². The first-order chi connectivity index (χ1) is 13.1. The van der Waals surface area contributed by atoms with Crippen LogP contribution in [0.25, 0.3) is 0 Å². The molecule has 0 aliphatic heterocycles. The van der Waals surface area contributed by atoms with Gasteiger partial charge in [0.15, 0.2) is 5.84 Å². The molecule has 7 heteroatoms. The van der Waals surface area contributed by atoms with Gasteiger partial charge in [-0.25, -0.2) is 4.99 Å². The molecule has 6 nitrogen and oxygen atoms in total. The Kier molecular flexibility index (Phi) is 5.86. The lowest BCUT2D eigenvalue weighted by Crippen LogP contribution is -2.41. The van der Waals surface area contributed by atoms with Crippen molar-refractivity contribution in [1.29, 1.82) is 0 Å². The molecule has 3 rings (SSSR count). The number of benzene rings is 3. The van der Waals surface area contributed by atoms with E-state index >= 15 is 0 Å². The van der Waals surface area contributed by atoms with Crippen molar-refractivity contribution in [2.45, 2.75) is 0 Å². The summed E-state index contributed by atoms with van der Waals surface area (Å²) >= 11 is 5.36. The second-order valence-electron chi connectivity index (χ2n) is 5.55. The summed E-state index contributed by atoms with van der Waals surface area (Å²) in [5.41, 5.74) is 8.36. The number of nitro groups is 1. The molecule has 0 spiro atoms. The number of nitrogens with zero attached hydrogens (tertiary/aromatic N) is 2. The molecule has 0 heterocycles. The maximum absolute atomic E-state index is 10.8. The molecule has 134 valence electrons. The Bertz CT molecular complexity index is 958. The van der Waals surface area contributed by atoms with E-state index in [0.717, 1.165) is 11.3 Å². The van der Waals surface area contributed by atoms with E-state index in [1.807, 2.05) is 60.7 Å². The van der Waals surface area contributed by atoms with Crippen LogP contribution in [0.2, 0.25) is 0 Å². The van der Waals surface area contributed by atoms with Crippen LogP contribution >= 0.6 is 12.2 Å². The van der Waals surface area contributed by atoms with Crippen LogP contribution in [0, 0.1) is 10.1 Å². The summed E-state index contributed by atoms with van der Waals surface area (Å²) in [6.45, 7) is 0. The number of non-ortho nitro benzene ring substituents is 1. The average molecular weight is 376 g/mol. The number of hydrazine groups is 1. The number of rotatable bonds is 4. The highest BCUT2D eigenvalue weighted by molar-refractivity contribution is 7.80. The Morgan fingerprint density at radius 3 is 2.00 bits per heavy atom. The summed E-state index contributed by atoms with van der Waals surface area (Å²) in [7, 11) is 0. The monoisotopic (exact) mass is 376 g/mol. The Morgan fingerprint density at radius 2 is 1.41 bits per heavy atom. The maximum atomic E-state index is 10.8. The molecule has 0 radical (unpaired) electrons. The Balaban J connectivity index is 1.77. The van der Waals surface area contributed by atoms with Gasteiger partial charge in [-0.3, -0.25) is 21.0 Å². The highest BCUT2D eigenvalue weighted by atomic mass is 32.1. The summed E-state index contributed by atoms with van der Waals surface area (Å²) < 4.78 is 0. The topological polar surface area (TPSA) is 79.6 Å². The SMILES string of the molecule is O=[N+]([O-])c1ccc(C(=S)NNC(=Nc2ccccc2)c2ccccc2)cc1. The third-order valence-electron chi connectivity index (χ3n) is 3.68. The third kappa shape index (κ3) is 4.96. The zero-order valence-electron chi connectivity index (χ0n) is 14.2. The molecule has 3 aromatic rings. The van der Waals surface area contributed by atoms with Crippen molar-refractivity contribution in [2.75, 3.05) is 0 Å². The standard InChI is InChI=1S/C20H16N4O2S/c25-24(26)18-13-11-16(12-14-18)20(27)23-22-19(15-7-3-1-4-8-15)21-17-9-5-2-6-10-17/h1-14H,(H,21,22)(H,23,27). The minimum atomic E-state index is -0.446. The molecule has 0 aromatic heterocycles. The van der Waals surface area contributed by atoms with Gasteiger partial charge in [0.2, 0.25) is 0 Å². The Hall–Kier alpha value is -3.58. The smallest absolute Gasteiger partial charge is 0.269 e. The molecule has 0 aliphatic carbocycles. The third-order valence-corrected chi connectivity index (χ3v) is 4.02. The lowest BCUT2D eigenvalue weighted by atomic mass is 10.2. The van der Waals surface area contributed by atoms with E-state index in [-0.39, 0.29) is 5.69 Å². The fourth-order valence-electron chi connectivity index (χ4n) is 2.31. The van der Waals surface area contributed by atoms with Crippen LogP contribution < -0.4 is 10.9 Å². The van der Waals surface area contributed by atoms with Crippen molar-refractivity contribution in [3.8, 4) is 0 Å². The molecule has 0 saturated heterocycles. The number of para-hydroxylation sites is 1. The molecular formula is C20H16N4O2S. The molecule has 0 unspecified atom stereocenters. The minimum Gasteiger partial charge on any atom is -0.289 e. The summed E-state index contributed by atoms with van der Waals surface area (Å²) in [6.07, 6.45) is 0. The predicted molar refractivity (Wildman–Crippen MR) is 110 cm³/mol. The molecule has 3 aromatic carbocycles. The number of hydrogen-bond donors (Lipinski definition) is 2. The van der Waals surface area contributed by atoms with Crippen LogP contribution in [-0.2, 0) is 0 Å². The fourth-order valence-corrected chi connectivity index (χ4v) is 2.50. The van der Waals surface area contributed by atoms with Gasteiger partial charge in [0, 0.05) is 23.3 Å². The Morgan fingerprint density at radius 1 is 0.815 bits per heavy atom. The lowest BCUT2D eigenvalue weighted by molar-refractivity contribution is -0.384. The number of nitro benzene ring substituents is 1. The molecule has 27 heavy (non-hydrogen) atoms. The normalized spacial score (nSPS) is 10.9. The number of aliphatic imine (C=N–C) groups is 1. The summed E-state index contributed by atoms with van der Waals surface area (Å²) in [5, 5.41) is 10.8. The number of thiocarbonyl (C=S) groups is 1. The van der Waals surface area contributed by atoms with Crippen molar-refractivity contribution in [3.63, 3.8) is 0 Å². The fraction of sp³-hybridized carbons (Fsp3) is 0. The molecule has 2 N–H and O–H groups in total. The van der Waals surface area contributed by atoms with Crippen molar-refractivity contribution >= 4 is 34.4 Å². The van der Waals surface area contributed by atoms with Gasteiger partial charge >= 0.3 is 0 Å². The van der Waals surface area contributed by atoms with Crippen molar-refractivity contribution < 1.29 is 4.92 Å². The molecular weight excluding hydrogens is 360 g/mol. The Labute approximate surface area is 161 Å². The number of hydrogen-bond acceptors (Lipinski definition) is 4. The molecule has 0 bridgehead atoms. The van der Waals surface area contributed by atoms with E-state index in [0.29, 0.717) is 16.4 Å². The zero-order chi connectivity index (χ0) is 19.1. The summed E-state index contributed by atoms with van der Waals surface area (Å²) in [4.78, 5) is 15.3. The molecule has 0 saturated carbocycles. The van der Waals surface area contributed by atoms with Crippen LogP contribution in [0.15, 0.2) is 89.9 Å². The van der Waals surface area contributed by atoms with Gasteiger partial charge in [0.25, 0.3) is 5.69 Å². The van der Waals surface area contributed by atoms with Gasteiger partial charge in [0.1, 0.15) is 4.99 Å². The molecule has 0 amide bonds. The number of nitrogens with one attached hydrogen (secondary N) is 2. The van der Waals surface area contributed by atoms with Gasteiger partial charge in [-0.15, -0.1) is 0 Å². The van der Waals surface area contributed by atoms with Gasteiger partial charge in [-0.05, 0) is 24.3 Å². The maximum Gasteiger partial charge on any atom is 0.269 e. The quantitative estimate of drug-likeness (QED) is 0.235. The van der Waals surface area contributed by atoms with Crippen molar-refractivity contribution in [2.24, 2.45) is 4.99 Å². The van der Waals surface area contributed by atoms with Crippen LogP contribution in [-0.4, -0.2) is 15.7 Å². The van der Waals surface area contributed by atoms with Crippen molar-refractivity contribution in [1.82, 2.24) is 10.9 Å². The molecule has 0 atom stereocenters. The van der Waals surface area contributed by atoms with E-state index in [2.05, 4.69) is 15.8 Å². The van der Waals surface area contributed by atoms with E-state index in [4.69, 9.17) is 12.2 Å².